The summed E-state index contributed by atoms with van der Waals surface area (Å²) in [4.78, 5) is 26.4. The summed E-state index contributed by atoms with van der Waals surface area (Å²) in [6.07, 6.45) is 0. The number of hydrogen-bond acceptors (Lipinski definition) is 5. The van der Waals surface area contributed by atoms with Gasteiger partial charge in [-0.25, -0.2) is 9.97 Å². The van der Waals surface area contributed by atoms with Gasteiger partial charge in [0.2, 0.25) is 5.91 Å². The van der Waals surface area contributed by atoms with Gasteiger partial charge in [-0.3, -0.25) is 4.79 Å². The maximum absolute atomic E-state index is 13.0. The number of nitrogens with zero attached hydrogens (tertiary/aromatic N) is 4. The number of anilines is 1. The van der Waals surface area contributed by atoms with E-state index in [1.807, 2.05) is 49.1 Å². The molecule has 2 heterocycles. The first-order chi connectivity index (χ1) is 13.6. The Morgan fingerprint density at radius 1 is 0.964 bits per heavy atom. The van der Waals surface area contributed by atoms with Crippen LogP contribution in [0.1, 0.15) is 12.7 Å². The Morgan fingerprint density at radius 2 is 1.64 bits per heavy atom. The molecule has 1 aliphatic heterocycles. The molecule has 6 heteroatoms. The third-order valence-electron chi connectivity index (χ3n) is 5.03. The van der Waals surface area contributed by atoms with Gasteiger partial charge in [0.25, 0.3) is 0 Å². The quantitative estimate of drug-likeness (QED) is 0.500. The van der Waals surface area contributed by atoms with Gasteiger partial charge in [0, 0.05) is 37.3 Å². The van der Waals surface area contributed by atoms with Crippen LogP contribution < -0.4 is 4.90 Å². The van der Waals surface area contributed by atoms with Crippen LogP contribution in [0.15, 0.2) is 59.6 Å². The third kappa shape index (κ3) is 3.97. The van der Waals surface area contributed by atoms with Crippen molar-refractivity contribution in [3.63, 3.8) is 0 Å². The standard InChI is InChI=1S/C22H24N4OS/c1-16(28-21-19-10-6-7-11-20(19)23-17(2)24-21)22(27)26-14-12-25(13-15-26)18-8-4-3-5-9-18/h3-11,16H,12-15H2,1-2H3/t16-/m1/s1. The van der Waals surface area contributed by atoms with Crippen molar-refractivity contribution in [3.8, 4) is 0 Å². The van der Waals surface area contributed by atoms with Gasteiger partial charge in [-0.05, 0) is 32.0 Å². The molecule has 1 amide bonds. The molecule has 1 aliphatic rings. The molecule has 0 N–H and O–H groups in total. The van der Waals surface area contributed by atoms with Crippen molar-refractivity contribution in [2.45, 2.75) is 24.1 Å². The smallest absolute Gasteiger partial charge is 0.235 e. The van der Waals surface area contributed by atoms with Gasteiger partial charge in [-0.2, -0.15) is 0 Å². The number of para-hydroxylation sites is 2. The number of aromatic nitrogens is 2. The Labute approximate surface area is 169 Å². The monoisotopic (exact) mass is 392 g/mol. The molecule has 3 aromatic rings. The number of carbonyl (C=O) groups excluding carboxylic acids is 1. The van der Waals surface area contributed by atoms with Gasteiger partial charge in [0.1, 0.15) is 10.9 Å². The number of piperazine rings is 1. The molecule has 0 unspecified atom stereocenters. The van der Waals surface area contributed by atoms with Crippen LogP contribution in [-0.4, -0.2) is 52.2 Å². The maximum Gasteiger partial charge on any atom is 0.235 e. The molecule has 0 saturated carbocycles. The highest BCUT2D eigenvalue weighted by Gasteiger charge is 2.26. The fraction of sp³-hybridized carbons (Fsp3) is 0.318. The average Bonchev–Trinajstić information content (AvgIpc) is 2.74. The van der Waals surface area contributed by atoms with E-state index in [1.54, 1.807) is 0 Å². The van der Waals surface area contributed by atoms with E-state index < -0.39 is 0 Å². The van der Waals surface area contributed by atoms with Crippen molar-refractivity contribution in [2.24, 2.45) is 0 Å². The molecule has 28 heavy (non-hydrogen) atoms. The Balaban J connectivity index is 1.42. The Kier molecular flexibility index (Phi) is 5.48. The van der Waals surface area contributed by atoms with E-state index in [9.17, 15) is 4.79 Å². The van der Waals surface area contributed by atoms with E-state index in [0.717, 1.165) is 47.9 Å². The van der Waals surface area contributed by atoms with Crippen molar-refractivity contribution in [2.75, 3.05) is 31.1 Å². The number of rotatable bonds is 4. The summed E-state index contributed by atoms with van der Waals surface area (Å²) in [7, 11) is 0. The molecule has 0 aliphatic carbocycles. The highest BCUT2D eigenvalue weighted by molar-refractivity contribution is 8.00. The van der Waals surface area contributed by atoms with Crippen molar-refractivity contribution >= 4 is 34.3 Å². The van der Waals surface area contributed by atoms with Gasteiger partial charge in [-0.1, -0.05) is 48.2 Å². The summed E-state index contributed by atoms with van der Waals surface area (Å²) in [5.74, 6) is 0.912. The van der Waals surface area contributed by atoms with Crippen LogP contribution in [0.2, 0.25) is 0 Å². The molecule has 0 bridgehead atoms. The first kappa shape index (κ1) is 18.7. The topological polar surface area (TPSA) is 49.3 Å². The van der Waals surface area contributed by atoms with Crippen LogP contribution in [0, 0.1) is 6.92 Å². The lowest BCUT2D eigenvalue weighted by molar-refractivity contribution is -0.130. The molecule has 144 valence electrons. The van der Waals surface area contributed by atoms with Crippen molar-refractivity contribution < 1.29 is 4.79 Å². The molecule has 1 saturated heterocycles. The van der Waals surface area contributed by atoms with E-state index in [0.29, 0.717) is 0 Å². The summed E-state index contributed by atoms with van der Waals surface area (Å²) in [5, 5.41) is 1.71. The van der Waals surface area contributed by atoms with E-state index in [2.05, 4.69) is 39.1 Å². The van der Waals surface area contributed by atoms with Crippen LogP contribution in [0.5, 0.6) is 0 Å². The molecular formula is C22H24N4OS. The molecule has 4 rings (SSSR count). The normalized spacial score (nSPS) is 15.6. The molecule has 1 atom stereocenters. The number of amides is 1. The second-order valence-corrected chi connectivity index (χ2v) is 8.33. The minimum absolute atomic E-state index is 0.179. The minimum atomic E-state index is -0.180. The summed E-state index contributed by atoms with van der Waals surface area (Å²) in [6.45, 7) is 7.10. The molecule has 0 spiro atoms. The number of hydrogen-bond donors (Lipinski definition) is 0. The van der Waals surface area contributed by atoms with Crippen LogP contribution >= 0.6 is 11.8 Å². The zero-order valence-corrected chi connectivity index (χ0v) is 17.0. The molecule has 1 aromatic heterocycles. The first-order valence-corrected chi connectivity index (χ1v) is 10.5. The van der Waals surface area contributed by atoms with E-state index >= 15 is 0 Å². The van der Waals surface area contributed by atoms with Crippen molar-refractivity contribution in [3.05, 3.63) is 60.4 Å². The van der Waals surface area contributed by atoms with Gasteiger partial charge in [0.15, 0.2) is 0 Å². The highest BCUT2D eigenvalue weighted by Crippen LogP contribution is 2.29. The highest BCUT2D eigenvalue weighted by atomic mass is 32.2. The lowest BCUT2D eigenvalue weighted by Gasteiger charge is -2.37. The fourth-order valence-corrected chi connectivity index (χ4v) is 4.62. The zero-order valence-electron chi connectivity index (χ0n) is 16.2. The Hall–Kier alpha value is -2.60. The number of carbonyl (C=O) groups is 1. The SMILES string of the molecule is Cc1nc(S[C@H](C)C(=O)N2CCN(c3ccccc3)CC2)c2ccccc2n1. The predicted octanol–water partition coefficient (Wildman–Crippen LogP) is 3.77. The first-order valence-electron chi connectivity index (χ1n) is 9.60. The molecule has 0 radical (unpaired) electrons. The van der Waals surface area contributed by atoms with Gasteiger partial charge in [0.05, 0.1) is 10.8 Å². The number of thioether (sulfide) groups is 1. The predicted molar refractivity (Wildman–Crippen MR) is 115 cm³/mol. The maximum atomic E-state index is 13.0. The largest absolute Gasteiger partial charge is 0.368 e. The van der Waals surface area contributed by atoms with Crippen LogP contribution in [0.3, 0.4) is 0 Å². The molecule has 1 fully saturated rings. The summed E-state index contributed by atoms with van der Waals surface area (Å²) < 4.78 is 0. The van der Waals surface area contributed by atoms with E-state index in [4.69, 9.17) is 0 Å². The van der Waals surface area contributed by atoms with E-state index in [-0.39, 0.29) is 11.2 Å². The van der Waals surface area contributed by atoms with Gasteiger partial charge >= 0.3 is 0 Å². The molecule has 5 nitrogen and oxygen atoms in total. The Bertz CT molecular complexity index is 971. The molecule has 2 aromatic carbocycles. The minimum Gasteiger partial charge on any atom is -0.368 e. The summed E-state index contributed by atoms with van der Waals surface area (Å²) in [6, 6.07) is 18.4. The lowest BCUT2D eigenvalue weighted by Crippen LogP contribution is -2.50. The van der Waals surface area contributed by atoms with Crippen LogP contribution in [-0.2, 0) is 4.79 Å². The number of fused-ring (bicyclic) bond motifs is 1. The Morgan fingerprint density at radius 3 is 2.39 bits per heavy atom. The van der Waals surface area contributed by atoms with E-state index in [1.165, 1.54) is 17.4 Å². The summed E-state index contributed by atoms with van der Waals surface area (Å²) >= 11 is 1.53. The number of aryl methyl sites for hydroxylation is 1. The van der Waals surface area contributed by atoms with Crippen LogP contribution in [0.4, 0.5) is 5.69 Å². The van der Waals surface area contributed by atoms with Gasteiger partial charge in [-0.15, -0.1) is 0 Å². The molecular weight excluding hydrogens is 368 g/mol. The fourth-order valence-electron chi connectivity index (χ4n) is 3.55. The van der Waals surface area contributed by atoms with Crippen molar-refractivity contribution in [1.82, 2.24) is 14.9 Å². The number of benzene rings is 2. The van der Waals surface area contributed by atoms with Crippen LogP contribution in [0.25, 0.3) is 10.9 Å². The second-order valence-electron chi connectivity index (χ2n) is 7.00. The second kappa shape index (κ2) is 8.19. The summed E-state index contributed by atoms with van der Waals surface area (Å²) in [5.41, 5.74) is 2.15. The zero-order chi connectivity index (χ0) is 19.5. The van der Waals surface area contributed by atoms with Gasteiger partial charge < -0.3 is 9.80 Å². The average molecular weight is 393 g/mol. The lowest BCUT2D eigenvalue weighted by atomic mass is 10.2. The third-order valence-corrected chi connectivity index (χ3v) is 6.12. The van der Waals surface area contributed by atoms with Crippen molar-refractivity contribution in [1.29, 1.82) is 0 Å².